The Morgan fingerprint density at radius 2 is 2.33 bits per heavy atom. The van der Waals surface area contributed by atoms with Crippen molar-refractivity contribution in [2.24, 2.45) is 0 Å². The number of imidazole rings is 1. The third-order valence-electron chi connectivity index (χ3n) is 2.32. The van der Waals surface area contributed by atoms with Crippen LogP contribution in [-0.2, 0) is 6.54 Å². The first kappa shape index (κ1) is 12.0. The highest BCUT2D eigenvalue weighted by Crippen LogP contribution is 2.09. The Labute approximate surface area is 104 Å². The lowest BCUT2D eigenvalue weighted by molar-refractivity contribution is -0.389. The minimum atomic E-state index is -0.515. The zero-order chi connectivity index (χ0) is 13.0. The maximum absolute atomic E-state index is 10.5. The molecule has 0 unspecified atom stereocenters. The normalized spacial score (nSPS) is 10.3. The van der Waals surface area contributed by atoms with Crippen molar-refractivity contribution < 1.29 is 4.92 Å². The predicted molar refractivity (Wildman–Crippen MR) is 66.4 cm³/mol. The van der Waals surface area contributed by atoms with Crippen molar-refractivity contribution in [3.05, 3.63) is 46.5 Å². The first-order valence-electron chi connectivity index (χ1n) is 5.55. The van der Waals surface area contributed by atoms with E-state index in [0.717, 1.165) is 18.1 Å². The monoisotopic (exact) mass is 247 g/mol. The Morgan fingerprint density at radius 3 is 3.00 bits per heavy atom. The molecule has 0 fully saturated rings. The van der Waals surface area contributed by atoms with Gasteiger partial charge < -0.3 is 20.0 Å². The summed E-state index contributed by atoms with van der Waals surface area (Å²) in [6, 6.07) is 5.64. The molecule has 18 heavy (non-hydrogen) atoms. The maximum atomic E-state index is 10.5. The van der Waals surface area contributed by atoms with E-state index in [0.29, 0.717) is 6.54 Å². The first-order valence-corrected chi connectivity index (χ1v) is 5.55. The number of anilines is 1. The summed E-state index contributed by atoms with van der Waals surface area (Å²) in [7, 11) is 0. The van der Waals surface area contributed by atoms with E-state index in [1.54, 1.807) is 4.57 Å². The third-order valence-corrected chi connectivity index (χ3v) is 2.32. The molecule has 0 atom stereocenters. The molecule has 0 bridgehead atoms. The Kier molecular flexibility index (Phi) is 3.52. The Bertz CT molecular complexity index is 552. The maximum Gasteiger partial charge on any atom is 0.381 e. The second-order valence-corrected chi connectivity index (χ2v) is 3.71. The van der Waals surface area contributed by atoms with Gasteiger partial charge in [-0.3, -0.25) is 0 Å². The van der Waals surface area contributed by atoms with Crippen LogP contribution in [0.2, 0.25) is 0 Å². The van der Waals surface area contributed by atoms with Gasteiger partial charge in [0.15, 0.2) is 0 Å². The average molecular weight is 247 g/mol. The third kappa shape index (κ3) is 2.82. The van der Waals surface area contributed by atoms with Gasteiger partial charge in [0, 0.05) is 6.54 Å². The van der Waals surface area contributed by atoms with E-state index in [4.69, 9.17) is 0 Å². The van der Waals surface area contributed by atoms with Crippen LogP contribution >= 0.6 is 0 Å². The zero-order valence-electron chi connectivity index (χ0n) is 9.91. The van der Waals surface area contributed by atoms with E-state index < -0.39 is 4.92 Å². The van der Waals surface area contributed by atoms with Crippen molar-refractivity contribution in [2.45, 2.75) is 13.5 Å². The van der Waals surface area contributed by atoms with Crippen molar-refractivity contribution in [3.63, 3.8) is 0 Å². The second kappa shape index (κ2) is 5.26. The van der Waals surface area contributed by atoms with Gasteiger partial charge in [-0.05, 0) is 29.0 Å². The van der Waals surface area contributed by atoms with E-state index in [2.05, 4.69) is 15.3 Å². The molecule has 2 heterocycles. The van der Waals surface area contributed by atoms with E-state index in [9.17, 15) is 10.1 Å². The molecule has 0 aromatic carbocycles. The molecule has 0 spiro atoms. The fraction of sp³-hybridized carbons (Fsp3) is 0.273. The van der Waals surface area contributed by atoms with Crippen molar-refractivity contribution in [1.29, 1.82) is 0 Å². The molecule has 94 valence electrons. The van der Waals surface area contributed by atoms with Crippen LogP contribution < -0.4 is 5.32 Å². The predicted octanol–water partition coefficient (Wildman–Crippen LogP) is 1.67. The molecule has 0 amide bonds. The molecule has 2 aromatic rings. The van der Waals surface area contributed by atoms with Gasteiger partial charge in [-0.2, -0.15) is 0 Å². The van der Waals surface area contributed by atoms with E-state index in [1.165, 1.54) is 12.5 Å². The number of hydrogen-bond acceptors (Lipinski definition) is 5. The SMILES string of the molecule is CCNc1cccc(Cn2cnc([N+](=O)[O-])c2)n1. The number of aromatic nitrogens is 3. The van der Waals surface area contributed by atoms with Gasteiger partial charge in [-0.25, -0.2) is 4.98 Å². The highest BCUT2D eigenvalue weighted by Gasteiger charge is 2.10. The van der Waals surface area contributed by atoms with Crippen molar-refractivity contribution in [2.75, 3.05) is 11.9 Å². The first-order chi connectivity index (χ1) is 8.69. The highest BCUT2D eigenvalue weighted by atomic mass is 16.6. The lowest BCUT2D eigenvalue weighted by atomic mass is 10.3. The fourth-order valence-electron chi connectivity index (χ4n) is 1.56. The molecule has 7 nitrogen and oxygen atoms in total. The molecule has 0 radical (unpaired) electrons. The summed E-state index contributed by atoms with van der Waals surface area (Å²) in [5.74, 6) is 0.641. The number of nitro groups is 1. The lowest BCUT2D eigenvalue weighted by Gasteiger charge is -2.05. The minimum Gasteiger partial charge on any atom is -0.370 e. The zero-order valence-corrected chi connectivity index (χ0v) is 9.91. The van der Waals surface area contributed by atoms with E-state index in [1.807, 2.05) is 25.1 Å². The fourth-order valence-corrected chi connectivity index (χ4v) is 1.56. The van der Waals surface area contributed by atoms with Crippen LogP contribution in [0.1, 0.15) is 12.6 Å². The van der Waals surface area contributed by atoms with Crippen molar-refractivity contribution >= 4 is 11.6 Å². The summed E-state index contributed by atoms with van der Waals surface area (Å²) >= 11 is 0. The lowest BCUT2D eigenvalue weighted by Crippen LogP contribution is -2.03. The second-order valence-electron chi connectivity index (χ2n) is 3.71. The largest absolute Gasteiger partial charge is 0.381 e. The van der Waals surface area contributed by atoms with Gasteiger partial charge in [0.2, 0.25) is 6.33 Å². The van der Waals surface area contributed by atoms with Crippen LogP contribution in [-0.4, -0.2) is 26.0 Å². The Morgan fingerprint density at radius 1 is 1.50 bits per heavy atom. The van der Waals surface area contributed by atoms with Gasteiger partial charge in [0.25, 0.3) is 0 Å². The van der Waals surface area contributed by atoms with Gasteiger partial charge in [-0.15, -0.1) is 0 Å². The number of pyridine rings is 1. The molecule has 0 saturated carbocycles. The molecule has 2 aromatic heterocycles. The Hall–Kier alpha value is -2.44. The minimum absolute atomic E-state index is 0.155. The summed E-state index contributed by atoms with van der Waals surface area (Å²) in [6.07, 6.45) is 2.82. The van der Waals surface area contributed by atoms with Gasteiger partial charge in [0.1, 0.15) is 12.0 Å². The molecule has 0 saturated heterocycles. The van der Waals surface area contributed by atoms with Crippen LogP contribution in [0.5, 0.6) is 0 Å². The molecule has 0 aliphatic rings. The number of hydrogen-bond donors (Lipinski definition) is 1. The van der Waals surface area contributed by atoms with Crippen molar-refractivity contribution in [3.8, 4) is 0 Å². The summed E-state index contributed by atoms with van der Waals surface area (Å²) in [4.78, 5) is 18.1. The molecule has 0 aliphatic heterocycles. The summed E-state index contributed by atoms with van der Waals surface area (Å²) in [5.41, 5.74) is 0.820. The molecule has 1 N–H and O–H groups in total. The molecule has 2 rings (SSSR count). The van der Waals surface area contributed by atoms with Crippen LogP contribution in [0.25, 0.3) is 0 Å². The van der Waals surface area contributed by atoms with Gasteiger partial charge in [-0.1, -0.05) is 6.07 Å². The number of nitrogens with zero attached hydrogens (tertiary/aromatic N) is 4. The van der Waals surface area contributed by atoms with Crippen molar-refractivity contribution in [1.82, 2.24) is 14.5 Å². The molecule has 0 aliphatic carbocycles. The quantitative estimate of drug-likeness (QED) is 0.641. The molecule has 7 heteroatoms. The van der Waals surface area contributed by atoms with E-state index >= 15 is 0 Å². The van der Waals surface area contributed by atoms with Gasteiger partial charge in [0.05, 0.1) is 12.2 Å². The summed E-state index contributed by atoms with van der Waals surface area (Å²) in [5, 5.41) is 13.6. The topological polar surface area (TPSA) is 85.9 Å². The molecular formula is C11H13N5O2. The number of nitrogens with one attached hydrogen (secondary N) is 1. The van der Waals surface area contributed by atoms with Crippen LogP contribution in [0.15, 0.2) is 30.7 Å². The molecular weight excluding hydrogens is 234 g/mol. The van der Waals surface area contributed by atoms with Gasteiger partial charge >= 0.3 is 5.82 Å². The summed E-state index contributed by atoms with van der Waals surface area (Å²) < 4.78 is 1.64. The number of rotatable bonds is 5. The Balaban J connectivity index is 2.12. The average Bonchev–Trinajstić information content (AvgIpc) is 2.78. The summed E-state index contributed by atoms with van der Waals surface area (Å²) in [6.45, 7) is 3.25. The standard InChI is InChI=1S/C11H13N5O2/c1-2-12-10-5-3-4-9(14-10)6-15-7-11(13-8-15)16(17)18/h3-5,7-8H,2,6H2,1H3,(H,12,14). The van der Waals surface area contributed by atoms with Crippen LogP contribution in [0.3, 0.4) is 0 Å². The van der Waals surface area contributed by atoms with Crippen LogP contribution in [0.4, 0.5) is 11.6 Å². The van der Waals surface area contributed by atoms with E-state index in [-0.39, 0.29) is 5.82 Å². The smallest absolute Gasteiger partial charge is 0.370 e. The highest BCUT2D eigenvalue weighted by molar-refractivity contribution is 5.35. The van der Waals surface area contributed by atoms with Crippen LogP contribution in [0, 0.1) is 10.1 Å².